The van der Waals surface area contributed by atoms with E-state index >= 15 is 0 Å². The predicted molar refractivity (Wildman–Crippen MR) is 61.2 cm³/mol. The zero-order valence-electron chi connectivity index (χ0n) is 9.51. The Bertz CT molecular complexity index is 448. The molecule has 0 atom stereocenters. The van der Waals surface area contributed by atoms with Crippen molar-refractivity contribution in [2.75, 3.05) is 18.0 Å². The van der Waals surface area contributed by atoms with E-state index in [0.29, 0.717) is 5.69 Å². The molecule has 0 saturated carbocycles. The lowest BCUT2D eigenvalue weighted by molar-refractivity contribution is -0.386. The van der Waals surface area contributed by atoms with Gasteiger partial charge in [0.2, 0.25) is 5.75 Å². The van der Waals surface area contributed by atoms with E-state index in [2.05, 4.69) is 4.74 Å². The normalized spacial score (nSPS) is 15.2. The smallest absolute Gasteiger partial charge is 0.387 e. The minimum atomic E-state index is -3.07. The standard InChI is InChI=1S/C11H12F2N2O3/c12-11(13)18-10-7-8(14-5-1-2-6-14)3-4-9(10)15(16)17/h3-4,7,11H,1-2,5-6H2. The van der Waals surface area contributed by atoms with Crippen LogP contribution in [0.4, 0.5) is 20.2 Å². The number of alkyl halides is 2. The number of ether oxygens (including phenoxy) is 1. The Balaban J connectivity index is 2.31. The van der Waals surface area contributed by atoms with Gasteiger partial charge in [0.1, 0.15) is 0 Å². The molecule has 5 nitrogen and oxygen atoms in total. The maximum atomic E-state index is 12.2. The molecule has 0 amide bonds. The lowest BCUT2D eigenvalue weighted by Gasteiger charge is -2.18. The topological polar surface area (TPSA) is 55.6 Å². The number of rotatable bonds is 4. The molecule has 1 aromatic rings. The lowest BCUT2D eigenvalue weighted by atomic mass is 10.2. The van der Waals surface area contributed by atoms with Crippen LogP contribution in [0.25, 0.3) is 0 Å². The van der Waals surface area contributed by atoms with Gasteiger partial charge in [-0.15, -0.1) is 0 Å². The van der Waals surface area contributed by atoms with Gasteiger partial charge in [-0.05, 0) is 18.9 Å². The van der Waals surface area contributed by atoms with Crippen LogP contribution in [0, 0.1) is 10.1 Å². The van der Waals surface area contributed by atoms with Crippen LogP contribution in [0.2, 0.25) is 0 Å². The first-order chi connectivity index (χ1) is 8.58. The molecule has 0 aromatic heterocycles. The van der Waals surface area contributed by atoms with Crippen molar-refractivity contribution in [3.05, 3.63) is 28.3 Å². The van der Waals surface area contributed by atoms with E-state index in [1.54, 1.807) is 6.07 Å². The van der Waals surface area contributed by atoms with Gasteiger partial charge >= 0.3 is 12.3 Å². The number of nitro benzene ring substituents is 1. The van der Waals surface area contributed by atoms with Gasteiger partial charge < -0.3 is 9.64 Å². The maximum absolute atomic E-state index is 12.2. The van der Waals surface area contributed by atoms with Gasteiger partial charge in [-0.3, -0.25) is 10.1 Å². The van der Waals surface area contributed by atoms with Crippen LogP contribution in [0.5, 0.6) is 5.75 Å². The summed E-state index contributed by atoms with van der Waals surface area (Å²) in [6.45, 7) is -1.42. The Morgan fingerprint density at radius 2 is 2.00 bits per heavy atom. The molecule has 1 fully saturated rings. The molecule has 0 bridgehead atoms. The highest BCUT2D eigenvalue weighted by atomic mass is 19.3. The zero-order chi connectivity index (χ0) is 13.1. The summed E-state index contributed by atoms with van der Waals surface area (Å²) in [6, 6.07) is 4.06. The molecular weight excluding hydrogens is 246 g/mol. The van der Waals surface area contributed by atoms with E-state index in [9.17, 15) is 18.9 Å². The highest BCUT2D eigenvalue weighted by Gasteiger charge is 2.21. The molecule has 0 radical (unpaired) electrons. The first-order valence-corrected chi connectivity index (χ1v) is 5.56. The van der Waals surface area contributed by atoms with Crippen LogP contribution < -0.4 is 9.64 Å². The van der Waals surface area contributed by atoms with Crippen LogP contribution in [0.15, 0.2) is 18.2 Å². The van der Waals surface area contributed by atoms with Crippen molar-refractivity contribution >= 4 is 11.4 Å². The van der Waals surface area contributed by atoms with Crippen molar-refractivity contribution in [1.82, 2.24) is 0 Å². The number of benzene rings is 1. The SMILES string of the molecule is O=[N+]([O-])c1ccc(N2CCCC2)cc1OC(F)F. The zero-order valence-corrected chi connectivity index (χ0v) is 9.51. The van der Waals surface area contributed by atoms with Crippen LogP contribution in [0.3, 0.4) is 0 Å². The van der Waals surface area contributed by atoms with Crippen molar-refractivity contribution in [2.45, 2.75) is 19.5 Å². The summed E-state index contributed by atoms with van der Waals surface area (Å²) >= 11 is 0. The Kier molecular flexibility index (Phi) is 3.59. The molecule has 1 aliphatic heterocycles. The molecule has 2 rings (SSSR count). The first kappa shape index (κ1) is 12.5. The molecule has 1 aliphatic rings. The second-order valence-electron chi connectivity index (χ2n) is 3.98. The van der Waals surface area contributed by atoms with Crippen LogP contribution in [-0.4, -0.2) is 24.6 Å². The highest BCUT2D eigenvalue weighted by Crippen LogP contribution is 2.33. The van der Waals surface area contributed by atoms with Crippen molar-refractivity contribution in [1.29, 1.82) is 0 Å². The second-order valence-corrected chi connectivity index (χ2v) is 3.98. The average molecular weight is 258 g/mol. The van der Waals surface area contributed by atoms with E-state index < -0.39 is 17.2 Å². The number of hydrogen-bond acceptors (Lipinski definition) is 4. The monoisotopic (exact) mass is 258 g/mol. The molecule has 1 heterocycles. The van der Waals surface area contributed by atoms with Crippen LogP contribution in [-0.2, 0) is 0 Å². The summed E-state index contributed by atoms with van der Waals surface area (Å²) in [5.74, 6) is -0.389. The van der Waals surface area contributed by atoms with E-state index in [1.165, 1.54) is 12.1 Å². The minimum absolute atomic E-state index is 0.389. The molecule has 1 aromatic carbocycles. The Hall–Kier alpha value is -1.92. The summed E-state index contributed by atoms with van der Waals surface area (Å²) in [4.78, 5) is 12.0. The van der Waals surface area contributed by atoms with Crippen LogP contribution >= 0.6 is 0 Å². The summed E-state index contributed by atoms with van der Waals surface area (Å²) in [5.41, 5.74) is 0.229. The van der Waals surface area contributed by atoms with Gasteiger partial charge in [-0.25, -0.2) is 0 Å². The van der Waals surface area contributed by atoms with Gasteiger partial charge in [0.05, 0.1) is 4.92 Å². The molecule has 0 unspecified atom stereocenters. The number of anilines is 1. The molecule has 0 spiro atoms. The van der Waals surface area contributed by atoms with Gasteiger partial charge in [0, 0.05) is 30.9 Å². The van der Waals surface area contributed by atoms with Crippen molar-refractivity contribution in [3.8, 4) is 5.75 Å². The number of hydrogen-bond donors (Lipinski definition) is 0. The number of nitrogens with zero attached hydrogens (tertiary/aromatic N) is 2. The lowest BCUT2D eigenvalue weighted by Crippen LogP contribution is -2.17. The van der Waals surface area contributed by atoms with E-state index in [-0.39, 0.29) is 5.75 Å². The Morgan fingerprint density at radius 1 is 1.33 bits per heavy atom. The largest absolute Gasteiger partial charge is 0.427 e. The summed E-state index contributed by atoms with van der Waals surface area (Å²) in [7, 11) is 0. The highest BCUT2D eigenvalue weighted by molar-refractivity contribution is 5.59. The molecule has 1 saturated heterocycles. The van der Waals surface area contributed by atoms with E-state index in [1.807, 2.05) is 4.90 Å². The second kappa shape index (κ2) is 5.16. The first-order valence-electron chi connectivity index (χ1n) is 5.56. The minimum Gasteiger partial charge on any atom is -0.427 e. The van der Waals surface area contributed by atoms with Gasteiger partial charge in [-0.2, -0.15) is 8.78 Å². The molecular formula is C11H12F2N2O3. The van der Waals surface area contributed by atoms with E-state index in [0.717, 1.165) is 25.9 Å². The summed E-state index contributed by atoms with van der Waals surface area (Å²) in [5, 5.41) is 10.7. The molecule has 98 valence electrons. The van der Waals surface area contributed by atoms with E-state index in [4.69, 9.17) is 0 Å². The fourth-order valence-corrected chi connectivity index (χ4v) is 2.02. The Morgan fingerprint density at radius 3 is 2.56 bits per heavy atom. The molecule has 18 heavy (non-hydrogen) atoms. The Labute approximate surface area is 102 Å². The maximum Gasteiger partial charge on any atom is 0.387 e. The number of nitro groups is 1. The van der Waals surface area contributed by atoms with Crippen molar-refractivity contribution in [2.24, 2.45) is 0 Å². The van der Waals surface area contributed by atoms with Gasteiger partial charge in [0.15, 0.2) is 0 Å². The fraction of sp³-hybridized carbons (Fsp3) is 0.455. The van der Waals surface area contributed by atoms with Crippen molar-refractivity contribution in [3.63, 3.8) is 0 Å². The fourth-order valence-electron chi connectivity index (χ4n) is 2.02. The molecule has 0 N–H and O–H groups in total. The molecule has 7 heteroatoms. The third-order valence-electron chi connectivity index (χ3n) is 2.83. The third kappa shape index (κ3) is 2.66. The quantitative estimate of drug-likeness (QED) is 0.615. The average Bonchev–Trinajstić information content (AvgIpc) is 2.81. The van der Waals surface area contributed by atoms with Gasteiger partial charge in [-0.1, -0.05) is 0 Å². The predicted octanol–water partition coefficient (Wildman–Crippen LogP) is 2.80. The molecule has 0 aliphatic carbocycles. The number of halogens is 2. The third-order valence-corrected chi connectivity index (χ3v) is 2.83. The van der Waals surface area contributed by atoms with Crippen LogP contribution in [0.1, 0.15) is 12.8 Å². The van der Waals surface area contributed by atoms with Gasteiger partial charge in [0.25, 0.3) is 0 Å². The van der Waals surface area contributed by atoms with Crippen molar-refractivity contribution < 1.29 is 18.4 Å². The summed E-state index contributed by atoms with van der Waals surface area (Å²) < 4.78 is 28.6. The summed E-state index contributed by atoms with van der Waals surface area (Å²) in [6.07, 6.45) is 2.06.